The Morgan fingerprint density at radius 3 is 2.15 bits per heavy atom. The molecule has 2 aromatic heterocycles. The van der Waals surface area contributed by atoms with Crippen molar-refractivity contribution in [3.8, 4) is 0 Å². The van der Waals surface area contributed by atoms with Crippen molar-refractivity contribution in [2.45, 2.75) is 12.5 Å². The molecule has 27 heavy (non-hydrogen) atoms. The second kappa shape index (κ2) is 7.82. The number of nitrogens with one attached hydrogen (secondary N) is 1. The van der Waals surface area contributed by atoms with E-state index in [-0.39, 0.29) is 23.0 Å². The van der Waals surface area contributed by atoms with Crippen LogP contribution in [0.2, 0.25) is 0 Å². The lowest BCUT2D eigenvalue weighted by Crippen LogP contribution is -2.20. The summed E-state index contributed by atoms with van der Waals surface area (Å²) in [7, 11) is 0. The molecule has 0 fully saturated rings. The number of thiophene rings is 1. The molecule has 4 rings (SSSR count). The number of carbonyl (C=O) groups is 1. The van der Waals surface area contributed by atoms with Crippen LogP contribution >= 0.6 is 22.7 Å². The molecule has 134 valence electrons. The standard InChI is InChI=1S/C21H17N3OS2/c22-21-24(14-17(25)18-12-7-13-26-18)23-20(27-21)19(15-8-3-1-4-9-15)16-10-5-2-6-11-16/h1-13,19,22H,14H2. The predicted octanol–water partition coefficient (Wildman–Crippen LogP) is 4.55. The van der Waals surface area contributed by atoms with Crippen LogP contribution in [0.4, 0.5) is 0 Å². The van der Waals surface area contributed by atoms with E-state index in [1.165, 1.54) is 27.4 Å². The summed E-state index contributed by atoms with van der Waals surface area (Å²) >= 11 is 2.74. The van der Waals surface area contributed by atoms with Crippen LogP contribution in [-0.2, 0) is 6.54 Å². The average Bonchev–Trinajstić information content (AvgIpc) is 3.35. The zero-order valence-corrected chi connectivity index (χ0v) is 16.0. The van der Waals surface area contributed by atoms with Gasteiger partial charge in [0.15, 0.2) is 5.78 Å². The molecule has 2 aromatic carbocycles. The number of rotatable bonds is 6. The van der Waals surface area contributed by atoms with Crippen molar-refractivity contribution in [3.63, 3.8) is 0 Å². The highest BCUT2D eigenvalue weighted by Gasteiger charge is 2.22. The second-order valence-corrected chi connectivity index (χ2v) is 8.01. The number of aromatic nitrogens is 2. The van der Waals surface area contributed by atoms with Crippen LogP contribution in [0.25, 0.3) is 0 Å². The average molecular weight is 392 g/mol. The highest BCUT2D eigenvalue weighted by atomic mass is 32.1. The number of benzene rings is 2. The largest absolute Gasteiger partial charge is 0.291 e. The van der Waals surface area contributed by atoms with Crippen molar-refractivity contribution in [2.24, 2.45) is 0 Å². The van der Waals surface area contributed by atoms with E-state index < -0.39 is 0 Å². The molecule has 0 spiro atoms. The maximum atomic E-state index is 12.4. The van der Waals surface area contributed by atoms with Crippen molar-refractivity contribution in [1.29, 1.82) is 5.41 Å². The number of carbonyl (C=O) groups excluding carboxylic acids is 1. The first-order chi connectivity index (χ1) is 13.2. The number of hydrogen-bond acceptors (Lipinski definition) is 5. The van der Waals surface area contributed by atoms with Gasteiger partial charge in [0.1, 0.15) is 11.6 Å². The van der Waals surface area contributed by atoms with E-state index in [4.69, 9.17) is 5.41 Å². The lowest BCUT2D eigenvalue weighted by atomic mass is 9.92. The van der Waals surface area contributed by atoms with Crippen molar-refractivity contribution in [2.75, 3.05) is 0 Å². The van der Waals surface area contributed by atoms with Crippen molar-refractivity contribution >= 4 is 28.5 Å². The van der Waals surface area contributed by atoms with Crippen LogP contribution in [-0.4, -0.2) is 15.6 Å². The molecule has 0 aliphatic rings. The minimum Gasteiger partial charge on any atom is -0.291 e. The van der Waals surface area contributed by atoms with Crippen molar-refractivity contribution in [3.05, 3.63) is 104 Å². The summed E-state index contributed by atoms with van der Waals surface area (Å²) in [5.41, 5.74) is 2.24. The number of Topliss-reactive ketones (excluding diaryl/α,β-unsaturated/α-hetero) is 1. The topological polar surface area (TPSA) is 58.7 Å². The fraction of sp³-hybridized carbons (Fsp3) is 0.0952. The summed E-state index contributed by atoms with van der Waals surface area (Å²) in [5, 5.41) is 15.6. The Labute approximate surface area is 164 Å². The summed E-state index contributed by atoms with van der Waals surface area (Å²) in [4.78, 5) is 13.4. The monoisotopic (exact) mass is 391 g/mol. The summed E-state index contributed by atoms with van der Waals surface area (Å²) in [6.45, 7) is 0.0894. The zero-order chi connectivity index (χ0) is 18.6. The quantitative estimate of drug-likeness (QED) is 0.490. The summed E-state index contributed by atoms with van der Waals surface area (Å²) in [6.07, 6.45) is 0. The highest BCUT2D eigenvalue weighted by molar-refractivity contribution is 7.12. The first kappa shape index (κ1) is 17.6. The SMILES string of the molecule is N=c1sc(C(c2ccccc2)c2ccccc2)nn1CC(=O)c1cccs1. The molecule has 0 unspecified atom stereocenters. The molecule has 6 heteroatoms. The van der Waals surface area contributed by atoms with Gasteiger partial charge in [0.25, 0.3) is 0 Å². The first-order valence-electron chi connectivity index (χ1n) is 8.51. The Kier molecular flexibility index (Phi) is 5.09. The molecule has 0 atom stereocenters. The summed E-state index contributed by atoms with van der Waals surface area (Å²) in [5.74, 6) is -0.0732. The molecule has 0 saturated carbocycles. The Hall–Kier alpha value is -2.83. The maximum absolute atomic E-state index is 12.4. The van der Waals surface area contributed by atoms with Gasteiger partial charge >= 0.3 is 0 Å². The third kappa shape index (κ3) is 3.82. The van der Waals surface area contributed by atoms with E-state index in [0.29, 0.717) is 4.88 Å². The molecular weight excluding hydrogens is 374 g/mol. The van der Waals surface area contributed by atoms with Crippen LogP contribution in [0, 0.1) is 5.41 Å². The van der Waals surface area contributed by atoms with Gasteiger partial charge in [-0.25, -0.2) is 4.68 Å². The van der Waals surface area contributed by atoms with E-state index in [0.717, 1.165) is 16.1 Å². The molecule has 0 amide bonds. The normalized spacial score (nSPS) is 11.0. The second-order valence-electron chi connectivity index (χ2n) is 6.06. The Balaban J connectivity index is 1.71. The van der Waals surface area contributed by atoms with Gasteiger partial charge in [0.2, 0.25) is 4.80 Å². The Bertz CT molecular complexity index is 1040. The third-order valence-electron chi connectivity index (χ3n) is 4.26. The van der Waals surface area contributed by atoms with Crippen molar-refractivity contribution in [1.82, 2.24) is 9.78 Å². The minimum absolute atomic E-state index is 0.0173. The molecule has 0 bridgehead atoms. The fourth-order valence-electron chi connectivity index (χ4n) is 2.98. The van der Waals surface area contributed by atoms with Crippen LogP contribution in [0.15, 0.2) is 78.2 Å². The third-order valence-corrected chi connectivity index (χ3v) is 6.10. The maximum Gasteiger partial charge on any atom is 0.200 e. The number of ketones is 1. The zero-order valence-electron chi connectivity index (χ0n) is 14.4. The van der Waals surface area contributed by atoms with E-state index in [2.05, 4.69) is 29.4 Å². The molecule has 0 aliphatic carbocycles. The molecule has 2 heterocycles. The van der Waals surface area contributed by atoms with Gasteiger partial charge in [-0.1, -0.05) is 78.1 Å². The lowest BCUT2D eigenvalue weighted by molar-refractivity contribution is 0.0970. The molecule has 0 aliphatic heterocycles. The molecule has 1 N–H and O–H groups in total. The van der Waals surface area contributed by atoms with Gasteiger partial charge in [-0.3, -0.25) is 10.2 Å². The van der Waals surface area contributed by atoms with Gasteiger partial charge in [-0.15, -0.1) is 11.3 Å². The van der Waals surface area contributed by atoms with Gasteiger partial charge < -0.3 is 0 Å². The molecule has 4 nitrogen and oxygen atoms in total. The molecule has 0 saturated heterocycles. The number of hydrogen-bond donors (Lipinski definition) is 1. The molecular formula is C21H17N3OS2. The van der Waals surface area contributed by atoms with Gasteiger partial charge in [-0.2, -0.15) is 5.10 Å². The predicted molar refractivity (Wildman–Crippen MR) is 108 cm³/mol. The van der Waals surface area contributed by atoms with Gasteiger partial charge in [0, 0.05) is 0 Å². The van der Waals surface area contributed by atoms with Crippen LogP contribution in [0.5, 0.6) is 0 Å². The van der Waals surface area contributed by atoms with Crippen molar-refractivity contribution < 1.29 is 4.79 Å². The van der Waals surface area contributed by atoms with Crippen LogP contribution in [0.3, 0.4) is 0 Å². The minimum atomic E-state index is -0.0559. The van der Waals surface area contributed by atoms with E-state index in [1.54, 1.807) is 6.07 Å². The number of nitrogens with zero attached hydrogens (tertiary/aromatic N) is 2. The first-order valence-corrected chi connectivity index (χ1v) is 10.2. The highest BCUT2D eigenvalue weighted by Crippen LogP contribution is 2.31. The lowest BCUT2D eigenvalue weighted by Gasteiger charge is -2.15. The summed E-state index contributed by atoms with van der Waals surface area (Å²) < 4.78 is 1.50. The molecule has 4 aromatic rings. The van der Waals surface area contributed by atoms with Crippen LogP contribution in [0.1, 0.15) is 31.7 Å². The smallest absolute Gasteiger partial charge is 0.200 e. The Morgan fingerprint density at radius 1 is 0.963 bits per heavy atom. The molecule has 0 radical (unpaired) electrons. The van der Waals surface area contributed by atoms with Gasteiger partial charge in [-0.05, 0) is 22.6 Å². The van der Waals surface area contributed by atoms with E-state index >= 15 is 0 Å². The van der Waals surface area contributed by atoms with Gasteiger partial charge in [0.05, 0.1) is 10.8 Å². The Morgan fingerprint density at radius 2 is 1.59 bits per heavy atom. The summed E-state index contributed by atoms with van der Waals surface area (Å²) in [6, 6.07) is 24.0. The van der Waals surface area contributed by atoms with E-state index in [9.17, 15) is 4.79 Å². The van der Waals surface area contributed by atoms with E-state index in [1.807, 2.05) is 47.8 Å². The fourth-order valence-corrected chi connectivity index (χ4v) is 4.58. The van der Waals surface area contributed by atoms with Crippen LogP contribution < -0.4 is 4.80 Å².